The van der Waals surface area contributed by atoms with Crippen LogP contribution in [0.1, 0.15) is 68.9 Å². The zero-order valence-electron chi connectivity index (χ0n) is 16.3. The predicted molar refractivity (Wildman–Crippen MR) is 101 cm³/mol. The Morgan fingerprint density at radius 2 is 1.85 bits per heavy atom. The van der Waals surface area contributed by atoms with E-state index in [1.165, 1.54) is 0 Å². The van der Waals surface area contributed by atoms with E-state index >= 15 is 0 Å². The monoisotopic (exact) mass is 370 g/mol. The number of hydrogen-bond acceptors (Lipinski definition) is 6. The standard InChI is InChI=1S/C21H26N2O4/c1-5-13(4)14-8-16(23-21-20(14)24-6-7-25-21)18-11-26-19-15(12(2)3)9-22-10-17(19)27-18/h8-10,12-13,18H,5-7,11H2,1-4H3. The summed E-state index contributed by atoms with van der Waals surface area (Å²) in [6, 6.07) is 2.07. The van der Waals surface area contributed by atoms with E-state index in [1.807, 2.05) is 6.20 Å². The van der Waals surface area contributed by atoms with Gasteiger partial charge in [-0.15, -0.1) is 0 Å². The highest BCUT2D eigenvalue weighted by Gasteiger charge is 2.30. The van der Waals surface area contributed by atoms with Gasteiger partial charge in [-0.3, -0.25) is 4.98 Å². The number of nitrogens with zero attached hydrogens (tertiary/aromatic N) is 2. The fourth-order valence-electron chi connectivity index (χ4n) is 3.41. The fourth-order valence-corrected chi connectivity index (χ4v) is 3.41. The molecule has 2 unspecified atom stereocenters. The van der Waals surface area contributed by atoms with E-state index in [2.05, 4.69) is 43.7 Å². The van der Waals surface area contributed by atoms with Gasteiger partial charge < -0.3 is 18.9 Å². The van der Waals surface area contributed by atoms with Crippen molar-refractivity contribution in [2.75, 3.05) is 19.8 Å². The van der Waals surface area contributed by atoms with Gasteiger partial charge in [0.05, 0.1) is 11.9 Å². The molecule has 0 radical (unpaired) electrons. The first-order chi connectivity index (χ1) is 13.1. The molecule has 0 aliphatic carbocycles. The van der Waals surface area contributed by atoms with Gasteiger partial charge in [-0.25, -0.2) is 4.98 Å². The maximum Gasteiger partial charge on any atom is 0.257 e. The van der Waals surface area contributed by atoms with Crippen molar-refractivity contribution >= 4 is 0 Å². The van der Waals surface area contributed by atoms with E-state index in [4.69, 9.17) is 18.9 Å². The summed E-state index contributed by atoms with van der Waals surface area (Å²) < 4.78 is 23.9. The minimum absolute atomic E-state index is 0.305. The molecule has 4 heterocycles. The molecule has 0 fully saturated rings. The third-order valence-electron chi connectivity index (χ3n) is 5.19. The van der Waals surface area contributed by atoms with Crippen LogP contribution < -0.4 is 18.9 Å². The van der Waals surface area contributed by atoms with Crippen molar-refractivity contribution in [1.29, 1.82) is 0 Å². The maximum absolute atomic E-state index is 6.22. The molecule has 0 aromatic carbocycles. The van der Waals surface area contributed by atoms with E-state index in [9.17, 15) is 0 Å². The highest BCUT2D eigenvalue weighted by Crippen LogP contribution is 2.43. The van der Waals surface area contributed by atoms with Gasteiger partial charge in [0, 0.05) is 17.3 Å². The molecule has 0 spiro atoms. The largest absolute Gasteiger partial charge is 0.485 e. The van der Waals surface area contributed by atoms with Crippen LogP contribution >= 0.6 is 0 Å². The van der Waals surface area contributed by atoms with Gasteiger partial charge in [-0.1, -0.05) is 27.7 Å². The molecule has 0 amide bonds. The third-order valence-corrected chi connectivity index (χ3v) is 5.19. The highest BCUT2D eigenvalue weighted by atomic mass is 16.6. The Bertz CT molecular complexity index is 837. The highest BCUT2D eigenvalue weighted by molar-refractivity contribution is 5.49. The normalized spacial score (nSPS) is 19.1. The molecule has 0 saturated heterocycles. The van der Waals surface area contributed by atoms with E-state index in [1.54, 1.807) is 6.20 Å². The number of aromatic nitrogens is 2. The molecule has 2 atom stereocenters. The van der Waals surface area contributed by atoms with Gasteiger partial charge in [0.1, 0.15) is 19.8 Å². The summed E-state index contributed by atoms with van der Waals surface area (Å²) in [7, 11) is 0. The first-order valence-electron chi connectivity index (χ1n) is 9.66. The van der Waals surface area contributed by atoms with Gasteiger partial charge in [0.2, 0.25) is 0 Å². The van der Waals surface area contributed by atoms with E-state index in [-0.39, 0.29) is 6.10 Å². The van der Waals surface area contributed by atoms with Crippen LogP contribution in [0.15, 0.2) is 18.5 Å². The van der Waals surface area contributed by atoms with Crippen LogP contribution in [0.4, 0.5) is 0 Å². The summed E-state index contributed by atoms with van der Waals surface area (Å²) in [5, 5.41) is 0. The van der Waals surface area contributed by atoms with Crippen molar-refractivity contribution < 1.29 is 18.9 Å². The van der Waals surface area contributed by atoms with Crippen LogP contribution in [0, 0.1) is 0 Å². The zero-order valence-corrected chi connectivity index (χ0v) is 16.3. The van der Waals surface area contributed by atoms with Gasteiger partial charge in [0.25, 0.3) is 5.88 Å². The van der Waals surface area contributed by atoms with Crippen molar-refractivity contribution in [2.24, 2.45) is 0 Å². The summed E-state index contributed by atoms with van der Waals surface area (Å²) >= 11 is 0. The van der Waals surface area contributed by atoms with Gasteiger partial charge in [-0.05, 0) is 24.3 Å². The minimum atomic E-state index is -0.305. The zero-order chi connectivity index (χ0) is 19.0. The first kappa shape index (κ1) is 17.9. The van der Waals surface area contributed by atoms with Gasteiger partial charge >= 0.3 is 0 Å². The van der Waals surface area contributed by atoms with Crippen LogP contribution in [0.5, 0.6) is 23.1 Å². The van der Waals surface area contributed by atoms with Crippen LogP contribution in [0.2, 0.25) is 0 Å². The lowest BCUT2D eigenvalue weighted by atomic mass is 9.96. The molecule has 2 aliphatic heterocycles. The summed E-state index contributed by atoms with van der Waals surface area (Å²) in [5.41, 5.74) is 2.97. The number of pyridine rings is 2. The van der Waals surface area contributed by atoms with Crippen LogP contribution in [-0.2, 0) is 0 Å². The number of rotatable bonds is 4. The Labute approximate surface area is 159 Å². The average Bonchev–Trinajstić information content (AvgIpc) is 2.71. The van der Waals surface area contributed by atoms with Crippen molar-refractivity contribution in [1.82, 2.24) is 9.97 Å². The van der Waals surface area contributed by atoms with E-state index in [0.29, 0.717) is 43.3 Å². The Balaban J connectivity index is 1.69. The van der Waals surface area contributed by atoms with Crippen LogP contribution in [0.3, 0.4) is 0 Å². The topological polar surface area (TPSA) is 62.7 Å². The number of ether oxygens (including phenoxy) is 4. The van der Waals surface area contributed by atoms with Crippen molar-refractivity contribution in [3.05, 3.63) is 35.3 Å². The summed E-state index contributed by atoms with van der Waals surface area (Å²) in [6.07, 6.45) is 4.25. The van der Waals surface area contributed by atoms with E-state index in [0.717, 1.165) is 34.7 Å². The second-order valence-corrected chi connectivity index (χ2v) is 7.41. The number of fused-ring (bicyclic) bond motifs is 2. The summed E-state index contributed by atoms with van der Waals surface area (Å²) in [6.45, 7) is 10.1. The smallest absolute Gasteiger partial charge is 0.257 e. The lowest BCUT2D eigenvalue weighted by molar-refractivity contribution is 0.0844. The average molecular weight is 370 g/mol. The molecule has 144 valence electrons. The fraction of sp³-hybridized carbons (Fsp3) is 0.524. The lowest BCUT2D eigenvalue weighted by Gasteiger charge is -2.30. The summed E-state index contributed by atoms with van der Waals surface area (Å²) in [5.74, 6) is 3.43. The Morgan fingerprint density at radius 3 is 2.63 bits per heavy atom. The Kier molecular flexibility index (Phi) is 4.81. The predicted octanol–water partition coefficient (Wildman–Crippen LogP) is 4.40. The molecule has 0 N–H and O–H groups in total. The van der Waals surface area contributed by atoms with E-state index < -0.39 is 0 Å². The molecular weight excluding hydrogens is 344 g/mol. The molecule has 4 rings (SSSR count). The summed E-state index contributed by atoms with van der Waals surface area (Å²) in [4.78, 5) is 8.98. The SMILES string of the molecule is CCC(C)c1cc(C2COc3c(cncc3C(C)C)O2)nc2c1OCCO2. The Morgan fingerprint density at radius 1 is 1.04 bits per heavy atom. The molecule has 6 nitrogen and oxygen atoms in total. The molecule has 6 heteroatoms. The van der Waals surface area contributed by atoms with Crippen molar-refractivity contribution in [3.63, 3.8) is 0 Å². The third kappa shape index (κ3) is 3.29. The van der Waals surface area contributed by atoms with Crippen LogP contribution in [-0.4, -0.2) is 29.8 Å². The minimum Gasteiger partial charge on any atom is -0.485 e. The van der Waals surface area contributed by atoms with Crippen LogP contribution in [0.25, 0.3) is 0 Å². The van der Waals surface area contributed by atoms with Gasteiger partial charge in [-0.2, -0.15) is 0 Å². The molecule has 0 saturated carbocycles. The second-order valence-electron chi connectivity index (χ2n) is 7.41. The van der Waals surface area contributed by atoms with Gasteiger partial charge in [0.15, 0.2) is 23.4 Å². The Hall–Kier alpha value is -2.50. The molecule has 2 aliphatic rings. The quantitative estimate of drug-likeness (QED) is 0.795. The molecule has 2 aromatic heterocycles. The first-order valence-corrected chi connectivity index (χ1v) is 9.66. The lowest BCUT2D eigenvalue weighted by Crippen LogP contribution is -2.25. The molecular formula is C21H26N2O4. The molecule has 27 heavy (non-hydrogen) atoms. The number of hydrogen-bond donors (Lipinski definition) is 0. The van der Waals surface area contributed by atoms with Crippen molar-refractivity contribution in [2.45, 2.75) is 52.1 Å². The molecule has 0 bridgehead atoms. The second kappa shape index (κ2) is 7.25. The molecule has 2 aromatic rings. The van der Waals surface area contributed by atoms with Crippen molar-refractivity contribution in [3.8, 4) is 23.1 Å². The maximum atomic E-state index is 6.22.